The summed E-state index contributed by atoms with van der Waals surface area (Å²) in [5.41, 5.74) is 7.51. The normalized spacial score (nSPS) is 13.4. The van der Waals surface area contributed by atoms with E-state index >= 15 is 0 Å². The maximum atomic E-state index is 13.0. The number of anilines is 2. The number of alkyl halides is 3. The monoisotopic (exact) mass is 384 g/mol. The summed E-state index contributed by atoms with van der Waals surface area (Å²) in [5.74, 6) is 0. The molecule has 3 N–H and O–H groups in total. The van der Waals surface area contributed by atoms with Crippen molar-refractivity contribution in [2.24, 2.45) is 0 Å². The molecule has 26 heavy (non-hydrogen) atoms. The Morgan fingerprint density at radius 2 is 1.92 bits per heavy atom. The molecule has 0 aliphatic carbocycles. The zero-order valence-corrected chi connectivity index (χ0v) is 14.7. The van der Waals surface area contributed by atoms with Crippen molar-refractivity contribution in [3.8, 4) is 0 Å². The van der Waals surface area contributed by atoms with Crippen LogP contribution in [0.25, 0.3) is 0 Å². The fraction of sp³-hybridized carbons (Fsp3) is 0.235. The van der Waals surface area contributed by atoms with Gasteiger partial charge in [0.2, 0.25) is 0 Å². The lowest BCUT2D eigenvalue weighted by Crippen LogP contribution is -2.46. The zero-order chi connectivity index (χ0) is 19.1. The number of aryl methyl sites for hydroxylation is 2. The van der Waals surface area contributed by atoms with Crippen LogP contribution < -0.4 is 21.3 Å². The van der Waals surface area contributed by atoms with Gasteiger partial charge in [0.25, 0.3) is 0 Å². The van der Waals surface area contributed by atoms with Gasteiger partial charge in [0.15, 0.2) is 0 Å². The van der Waals surface area contributed by atoms with Crippen molar-refractivity contribution >= 4 is 29.0 Å². The van der Waals surface area contributed by atoms with Gasteiger partial charge in [-0.2, -0.15) is 13.2 Å². The van der Waals surface area contributed by atoms with E-state index in [1.807, 2.05) is 32.0 Å². The molecule has 0 bridgehead atoms. The topological polar surface area (TPSA) is 56.4 Å². The van der Waals surface area contributed by atoms with Crippen LogP contribution in [0.3, 0.4) is 0 Å². The van der Waals surface area contributed by atoms with Crippen LogP contribution in [0, 0.1) is 13.8 Å². The molecule has 0 saturated carbocycles. The predicted molar refractivity (Wildman–Crippen MR) is 93.8 cm³/mol. The molecular formula is C17H16ClF3N4O. The van der Waals surface area contributed by atoms with Crippen molar-refractivity contribution in [3.05, 3.63) is 57.6 Å². The first-order valence-electron chi connectivity index (χ1n) is 7.73. The van der Waals surface area contributed by atoms with Gasteiger partial charge in [-0.05, 0) is 42.7 Å². The quantitative estimate of drug-likeness (QED) is 0.712. The highest BCUT2D eigenvalue weighted by Crippen LogP contribution is 2.41. The van der Waals surface area contributed by atoms with E-state index in [0.717, 1.165) is 33.8 Å². The molecule has 0 unspecified atom stereocenters. The third-order valence-electron chi connectivity index (χ3n) is 4.15. The van der Waals surface area contributed by atoms with Gasteiger partial charge in [-0.3, -0.25) is 5.43 Å². The first-order valence-corrected chi connectivity index (χ1v) is 8.11. The number of hydrogen-bond donors (Lipinski definition) is 3. The fourth-order valence-corrected chi connectivity index (χ4v) is 2.82. The molecule has 138 valence electrons. The van der Waals surface area contributed by atoms with E-state index in [4.69, 9.17) is 11.6 Å². The van der Waals surface area contributed by atoms with Crippen molar-refractivity contribution in [2.75, 3.05) is 10.4 Å². The van der Waals surface area contributed by atoms with E-state index in [9.17, 15) is 18.0 Å². The number of halogens is 4. The molecule has 9 heteroatoms. The Labute approximate surface area is 153 Å². The maximum absolute atomic E-state index is 13.0. The first kappa shape index (κ1) is 18.3. The van der Waals surface area contributed by atoms with Crippen molar-refractivity contribution in [1.29, 1.82) is 0 Å². The highest BCUT2D eigenvalue weighted by atomic mass is 35.5. The summed E-state index contributed by atoms with van der Waals surface area (Å²) in [6.07, 6.45) is -4.57. The number of rotatable bonds is 2. The lowest BCUT2D eigenvalue weighted by molar-refractivity contribution is -0.137. The second kappa shape index (κ2) is 6.69. The molecular weight excluding hydrogens is 369 g/mol. The van der Waals surface area contributed by atoms with Crippen LogP contribution in [-0.4, -0.2) is 6.03 Å². The van der Waals surface area contributed by atoms with E-state index in [2.05, 4.69) is 16.3 Å². The number of carbonyl (C=O) groups is 1. The SMILES string of the molecule is Cc1ccc(CNC(=O)N2NNc3c(Cl)cc(C(F)(F)F)cc32)cc1C. The van der Waals surface area contributed by atoms with Gasteiger partial charge in [-0.15, -0.1) is 5.53 Å². The Balaban J connectivity index is 1.78. The molecule has 2 amide bonds. The minimum absolute atomic E-state index is 0.00223. The molecule has 0 radical (unpaired) electrons. The molecule has 0 atom stereocenters. The third-order valence-corrected chi connectivity index (χ3v) is 4.45. The van der Waals surface area contributed by atoms with Crippen LogP contribution in [0.4, 0.5) is 29.3 Å². The smallest absolute Gasteiger partial charge is 0.332 e. The Hall–Kier alpha value is -2.45. The Morgan fingerprint density at radius 3 is 2.58 bits per heavy atom. The van der Waals surface area contributed by atoms with Crippen molar-refractivity contribution in [3.63, 3.8) is 0 Å². The van der Waals surface area contributed by atoms with Gasteiger partial charge < -0.3 is 5.32 Å². The summed E-state index contributed by atoms with van der Waals surface area (Å²) in [6, 6.07) is 6.83. The van der Waals surface area contributed by atoms with Crippen LogP contribution >= 0.6 is 11.6 Å². The Kier molecular flexibility index (Phi) is 4.72. The molecule has 2 aromatic rings. The van der Waals surface area contributed by atoms with Crippen LogP contribution in [0.1, 0.15) is 22.3 Å². The van der Waals surface area contributed by atoms with E-state index in [1.165, 1.54) is 0 Å². The molecule has 0 aromatic heterocycles. The number of amides is 2. The highest BCUT2D eigenvalue weighted by molar-refractivity contribution is 6.34. The van der Waals surface area contributed by atoms with Crippen LogP contribution in [0.2, 0.25) is 5.02 Å². The summed E-state index contributed by atoms with van der Waals surface area (Å²) in [4.78, 5) is 12.4. The minimum Gasteiger partial charge on any atom is -0.332 e. The lowest BCUT2D eigenvalue weighted by atomic mass is 10.1. The van der Waals surface area contributed by atoms with Gasteiger partial charge in [0.1, 0.15) is 0 Å². The molecule has 3 rings (SSSR count). The van der Waals surface area contributed by atoms with Crippen LogP contribution in [0.5, 0.6) is 0 Å². The highest BCUT2D eigenvalue weighted by Gasteiger charge is 2.35. The number of benzene rings is 2. The molecule has 2 aromatic carbocycles. The van der Waals surface area contributed by atoms with Crippen molar-refractivity contribution in [2.45, 2.75) is 26.6 Å². The number of fused-ring (bicyclic) bond motifs is 1. The number of hydrogen-bond acceptors (Lipinski definition) is 3. The fourth-order valence-electron chi connectivity index (χ4n) is 2.56. The third kappa shape index (κ3) is 3.56. The van der Waals surface area contributed by atoms with Crippen molar-refractivity contribution in [1.82, 2.24) is 10.9 Å². The molecule has 0 spiro atoms. The minimum atomic E-state index is -4.57. The molecule has 5 nitrogen and oxygen atoms in total. The largest absolute Gasteiger partial charge is 0.416 e. The van der Waals surface area contributed by atoms with E-state index in [1.54, 1.807) is 0 Å². The van der Waals surface area contributed by atoms with E-state index in [0.29, 0.717) is 0 Å². The lowest BCUT2D eigenvalue weighted by Gasteiger charge is -2.18. The standard InChI is InChI=1S/C17H16ClF3N4O/c1-9-3-4-11(5-10(9)2)8-22-16(26)25-14-7-12(17(19,20)21)6-13(18)15(14)23-24-25/h3-7,23-24H,8H2,1-2H3,(H,22,26). The summed E-state index contributed by atoms with van der Waals surface area (Å²) in [5, 5.41) is 3.49. The number of nitrogens with one attached hydrogen (secondary N) is 3. The van der Waals surface area contributed by atoms with Gasteiger partial charge in [0.05, 0.1) is 22.0 Å². The molecule has 1 heterocycles. The predicted octanol–water partition coefficient (Wildman–Crippen LogP) is 4.54. The van der Waals surface area contributed by atoms with Crippen molar-refractivity contribution < 1.29 is 18.0 Å². The second-order valence-corrected chi connectivity index (χ2v) is 6.41. The Bertz CT molecular complexity index is 870. The average molecular weight is 385 g/mol. The molecule has 0 saturated heterocycles. The number of carbonyl (C=O) groups excluding carboxylic acids is 1. The molecule has 0 fully saturated rings. The van der Waals surface area contributed by atoms with Gasteiger partial charge in [-0.25, -0.2) is 9.80 Å². The Morgan fingerprint density at radius 1 is 1.19 bits per heavy atom. The van der Waals surface area contributed by atoms with Crippen LogP contribution in [0.15, 0.2) is 30.3 Å². The molecule has 1 aliphatic rings. The zero-order valence-electron chi connectivity index (χ0n) is 14.0. The number of hydrazine groups is 2. The van der Waals surface area contributed by atoms with E-state index in [-0.39, 0.29) is 22.9 Å². The van der Waals surface area contributed by atoms with E-state index < -0.39 is 17.8 Å². The maximum Gasteiger partial charge on any atom is 0.416 e. The van der Waals surface area contributed by atoms with Gasteiger partial charge >= 0.3 is 12.2 Å². The summed E-state index contributed by atoms with van der Waals surface area (Å²) in [6.45, 7) is 4.18. The first-order chi connectivity index (χ1) is 12.2. The second-order valence-electron chi connectivity index (χ2n) is 6.00. The summed E-state index contributed by atoms with van der Waals surface area (Å²) < 4.78 is 39.0. The summed E-state index contributed by atoms with van der Waals surface area (Å²) >= 11 is 5.90. The summed E-state index contributed by atoms with van der Waals surface area (Å²) in [7, 11) is 0. The number of nitrogens with zero attached hydrogens (tertiary/aromatic N) is 1. The number of urea groups is 1. The van der Waals surface area contributed by atoms with Gasteiger partial charge in [0, 0.05) is 6.54 Å². The van der Waals surface area contributed by atoms with Gasteiger partial charge in [-0.1, -0.05) is 29.8 Å². The van der Waals surface area contributed by atoms with Crippen LogP contribution in [-0.2, 0) is 12.7 Å². The average Bonchev–Trinajstić information content (AvgIpc) is 2.99. The molecule has 1 aliphatic heterocycles.